The van der Waals surface area contributed by atoms with Crippen LogP contribution in [-0.4, -0.2) is 37.4 Å². The minimum atomic E-state index is -1.43. The van der Waals surface area contributed by atoms with Crippen molar-refractivity contribution in [1.29, 1.82) is 0 Å². The van der Waals surface area contributed by atoms with Gasteiger partial charge >= 0.3 is 12.0 Å². The number of amides is 2. The van der Waals surface area contributed by atoms with Crippen LogP contribution in [0, 0.1) is 5.82 Å². The summed E-state index contributed by atoms with van der Waals surface area (Å²) in [7, 11) is 1.59. The third kappa shape index (κ3) is 4.85. The van der Waals surface area contributed by atoms with E-state index in [0.717, 1.165) is 18.9 Å². The van der Waals surface area contributed by atoms with Crippen LogP contribution in [0.15, 0.2) is 18.2 Å². The summed E-state index contributed by atoms with van der Waals surface area (Å²) in [6.07, 6.45) is 1.54. The number of nitrogens with one attached hydrogen (secondary N) is 2. The number of ether oxygens (including phenoxy) is 1. The number of methoxy groups -OCH3 is 1. The third-order valence-electron chi connectivity index (χ3n) is 2.54. The lowest BCUT2D eigenvalue weighted by atomic mass is 10.1. The minimum absolute atomic E-state index is 0.0770. The molecular formula is C13H17FN2O4. The number of unbranched alkanes of at least 4 members (excludes halogenated alkanes) is 1. The molecule has 0 aromatic heterocycles. The molecule has 0 fully saturated rings. The van der Waals surface area contributed by atoms with E-state index in [1.54, 1.807) is 7.11 Å². The van der Waals surface area contributed by atoms with E-state index in [1.807, 2.05) is 0 Å². The predicted octanol–water partition coefficient (Wildman–Crippen LogP) is 2.07. The van der Waals surface area contributed by atoms with Crippen molar-refractivity contribution in [2.24, 2.45) is 0 Å². The number of urea groups is 1. The van der Waals surface area contributed by atoms with Gasteiger partial charge < -0.3 is 20.5 Å². The molecule has 0 aliphatic rings. The molecule has 0 unspecified atom stereocenters. The van der Waals surface area contributed by atoms with Gasteiger partial charge in [0.2, 0.25) is 0 Å². The van der Waals surface area contributed by atoms with Crippen LogP contribution in [0.2, 0.25) is 0 Å². The maximum atomic E-state index is 13.4. The molecule has 1 rings (SSSR count). The highest BCUT2D eigenvalue weighted by Crippen LogP contribution is 2.18. The summed E-state index contributed by atoms with van der Waals surface area (Å²) in [5.41, 5.74) is -0.631. The van der Waals surface area contributed by atoms with Gasteiger partial charge in [-0.2, -0.15) is 0 Å². The van der Waals surface area contributed by atoms with Crippen molar-refractivity contribution in [3.63, 3.8) is 0 Å². The van der Waals surface area contributed by atoms with Crippen LogP contribution in [0.25, 0.3) is 0 Å². The molecular weight excluding hydrogens is 267 g/mol. The molecule has 3 N–H and O–H groups in total. The first-order valence-electron chi connectivity index (χ1n) is 6.12. The number of rotatable bonds is 7. The summed E-state index contributed by atoms with van der Waals surface area (Å²) in [6.45, 7) is 1.03. The van der Waals surface area contributed by atoms with Crippen LogP contribution in [0.4, 0.5) is 14.9 Å². The number of hydrogen-bond donors (Lipinski definition) is 3. The highest BCUT2D eigenvalue weighted by molar-refractivity contribution is 6.00. The quantitative estimate of drug-likeness (QED) is 0.669. The Morgan fingerprint density at radius 1 is 1.35 bits per heavy atom. The van der Waals surface area contributed by atoms with E-state index in [9.17, 15) is 14.0 Å². The largest absolute Gasteiger partial charge is 0.478 e. The van der Waals surface area contributed by atoms with Gasteiger partial charge in [0.15, 0.2) is 0 Å². The van der Waals surface area contributed by atoms with E-state index >= 15 is 0 Å². The fraction of sp³-hybridized carbons (Fsp3) is 0.385. The lowest BCUT2D eigenvalue weighted by Gasteiger charge is -2.10. The highest BCUT2D eigenvalue weighted by Gasteiger charge is 2.16. The molecule has 20 heavy (non-hydrogen) atoms. The number of benzene rings is 1. The summed E-state index contributed by atoms with van der Waals surface area (Å²) in [4.78, 5) is 22.5. The molecule has 0 aliphatic heterocycles. The van der Waals surface area contributed by atoms with Crippen LogP contribution in [0.3, 0.4) is 0 Å². The van der Waals surface area contributed by atoms with E-state index in [2.05, 4.69) is 10.6 Å². The van der Waals surface area contributed by atoms with Crippen LogP contribution in [0.5, 0.6) is 0 Å². The second-order valence-corrected chi connectivity index (χ2v) is 4.05. The van der Waals surface area contributed by atoms with Crippen LogP contribution in [-0.2, 0) is 4.74 Å². The van der Waals surface area contributed by atoms with E-state index in [4.69, 9.17) is 9.84 Å². The van der Waals surface area contributed by atoms with Crippen LogP contribution in [0.1, 0.15) is 23.2 Å². The third-order valence-corrected chi connectivity index (χ3v) is 2.54. The lowest BCUT2D eigenvalue weighted by Crippen LogP contribution is -2.30. The van der Waals surface area contributed by atoms with Gasteiger partial charge in [0.25, 0.3) is 0 Å². The number of carbonyl (C=O) groups is 2. The number of aromatic carboxylic acids is 1. The summed E-state index contributed by atoms with van der Waals surface area (Å²) < 4.78 is 18.2. The van der Waals surface area contributed by atoms with Crippen LogP contribution < -0.4 is 10.6 Å². The number of carboxylic acids is 1. The van der Waals surface area contributed by atoms with Crippen LogP contribution >= 0.6 is 0 Å². The monoisotopic (exact) mass is 284 g/mol. The molecule has 0 spiro atoms. The van der Waals surface area contributed by atoms with Crippen molar-refractivity contribution in [2.75, 3.05) is 25.6 Å². The van der Waals surface area contributed by atoms with Crippen molar-refractivity contribution in [2.45, 2.75) is 12.8 Å². The second-order valence-electron chi connectivity index (χ2n) is 4.05. The molecule has 0 atom stereocenters. The zero-order valence-corrected chi connectivity index (χ0v) is 11.1. The summed E-state index contributed by atoms with van der Waals surface area (Å²) >= 11 is 0. The molecule has 1 aromatic rings. The van der Waals surface area contributed by atoms with Crippen molar-refractivity contribution in [3.8, 4) is 0 Å². The molecule has 0 heterocycles. The van der Waals surface area contributed by atoms with Crippen molar-refractivity contribution in [3.05, 3.63) is 29.6 Å². The number of carbonyl (C=O) groups excluding carboxylic acids is 1. The fourth-order valence-electron chi connectivity index (χ4n) is 1.59. The molecule has 6 nitrogen and oxygen atoms in total. The SMILES string of the molecule is COCCCCNC(=O)Nc1cccc(F)c1C(=O)O. The average molecular weight is 284 g/mol. The van der Waals surface area contributed by atoms with E-state index in [0.29, 0.717) is 13.2 Å². The fourth-order valence-corrected chi connectivity index (χ4v) is 1.59. The number of halogens is 1. The number of hydrogen-bond acceptors (Lipinski definition) is 3. The minimum Gasteiger partial charge on any atom is -0.478 e. The lowest BCUT2D eigenvalue weighted by molar-refractivity contribution is 0.0693. The zero-order chi connectivity index (χ0) is 15.0. The Labute approximate surface area is 115 Å². The van der Waals surface area contributed by atoms with E-state index < -0.39 is 23.4 Å². The topological polar surface area (TPSA) is 87.7 Å². The Balaban J connectivity index is 2.54. The van der Waals surface area contributed by atoms with Gasteiger partial charge in [-0.05, 0) is 25.0 Å². The Hall–Kier alpha value is -2.15. The van der Waals surface area contributed by atoms with Crippen molar-refractivity contribution >= 4 is 17.7 Å². The first-order valence-corrected chi connectivity index (χ1v) is 6.12. The molecule has 2 amide bonds. The molecule has 0 saturated carbocycles. The van der Waals surface area contributed by atoms with Gasteiger partial charge in [0.05, 0.1) is 5.69 Å². The Kier molecular flexibility index (Phi) is 6.45. The van der Waals surface area contributed by atoms with E-state index in [-0.39, 0.29) is 5.69 Å². The van der Waals surface area contributed by atoms with Gasteiger partial charge in [-0.1, -0.05) is 6.07 Å². The highest BCUT2D eigenvalue weighted by atomic mass is 19.1. The molecule has 1 aromatic carbocycles. The first kappa shape index (κ1) is 15.9. The number of carboxylic acid groups (broad SMARTS) is 1. The Bertz CT molecular complexity index is 479. The van der Waals surface area contributed by atoms with Gasteiger partial charge in [-0.15, -0.1) is 0 Å². The molecule has 7 heteroatoms. The second kappa shape index (κ2) is 8.11. The Morgan fingerprint density at radius 3 is 2.75 bits per heavy atom. The summed E-state index contributed by atoms with van der Waals surface area (Å²) in [5, 5.41) is 13.8. The van der Waals surface area contributed by atoms with Crippen molar-refractivity contribution in [1.82, 2.24) is 5.32 Å². The van der Waals surface area contributed by atoms with Crippen molar-refractivity contribution < 1.29 is 23.8 Å². The maximum absolute atomic E-state index is 13.4. The van der Waals surface area contributed by atoms with Gasteiger partial charge in [-0.3, -0.25) is 0 Å². The standard InChI is InChI=1S/C13H17FN2O4/c1-20-8-3-2-7-15-13(19)16-10-6-4-5-9(14)11(10)12(17)18/h4-6H,2-3,7-8H2,1H3,(H,17,18)(H2,15,16,19). The van der Waals surface area contributed by atoms with Gasteiger partial charge in [-0.25, -0.2) is 14.0 Å². The van der Waals surface area contributed by atoms with E-state index in [1.165, 1.54) is 12.1 Å². The van der Waals surface area contributed by atoms with Gasteiger partial charge in [0, 0.05) is 20.3 Å². The molecule has 0 bridgehead atoms. The average Bonchev–Trinajstić information content (AvgIpc) is 2.38. The Morgan fingerprint density at radius 2 is 2.10 bits per heavy atom. The predicted molar refractivity (Wildman–Crippen MR) is 71.5 cm³/mol. The molecule has 0 saturated heterocycles. The molecule has 110 valence electrons. The first-order chi connectivity index (χ1) is 9.56. The van der Waals surface area contributed by atoms with Gasteiger partial charge in [0.1, 0.15) is 11.4 Å². The normalized spacial score (nSPS) is 10.1. The number of anilines is 1. The summed E-state index contributed by atoms with van der Waals surface area (Å²) in [6, 6.07) is 3.11. The maximum Gasteiger partial charge on any atom is 0.340 e. The zero-order valence-electron chi connectivity index (χ0n) is 11.1. The molecule has 0 radical (unpaired) electrons. The molecule has 0 aliphatic carbocycles. The smallest absolute Gasteiger partial charge is 0.340 e. The summed E-state index contributed by atoms with van der Waals surface area (Å²) in [5.74, 6) is -2.33.